The summed E-state index contributed by atoms with van der Waals surface area (Å²) in [6.07, 6.45) is 6.98. The van der Waals surface area contributed by atoms with E-state index in [2.05, 4.69) is 54.8 Å². The number of hydrogen-bond acceptors (Lipinski definition) is 5. The summed E-state index contributed by atoms with van der Waals surface area (Å²) in [5.41, 5.74) is 11.5. The van der Waals surface area contributed by atoms with Crippen molar-refractivity contribution in [3.05, 3.63) is 117 Å². The minimum atomic E-state index is -0.202. The Morgan fingerprint density at radius 1 is 1.02 bits per heavy atom. The number of nitrogens with two attached hydrogens (primary N) is 1. The maximum absolute atomic E-state index is 13.7. The zero-order valence-electron chi connectivity index (χ0n) is 26.2. The lowest BCUT2D eigenvalue weighted by atomic mass is 9.82. The Kier molecular flexibility index (Phi) is 11.1. The van der Waals surface area contributed by atoms with Crippen LogP contribution in [-0.4, -0.2) is 18.0 Å². The molecule has 5 rings (SSSR count). The highest BCUT2D eigenvalue weighted by atomic mass is 35.5. The number of aryl methyl sites for hydroxylation is 1. The van der Waals surface area contributed by atoms with E-state index in [-0.39, 0.29) is 18.0 Å². The third-order valence-electron chi connectivity index (χ3n) is 9.03. The van der Waals surface area contributed by atoms with Crippen molar-refractivity contribution in [1.82, 2.24) is 10.6 Å². The number of carbonyl (C=O) groups excluding carboxylic acids is 1. The Hall–Kier alpha value is -3.89. The van der Waals surface area contributed by atoms with E-state index < -0.39 is 0 Å². The quantitative estimate of drug-likeness (QED) is 0.147. The van der Waals surface area contributed by atoms with Crippen LogP contribution in [0.15, 0.2) is 83.3 Å². The van der Waals surface area contributed by atoms with E-state index >= 15 is 0 Å². The maximum atomic E-state index is 13.7. The molecule has 1 saturated carbocycles. The number of nitrogens with one attached hydrogen (secondary N) is 2. The fraction of sp³-hybridized carbons (Fsp3) is 0.368. The fourth-order valence-corrected chi connectivity index (χ4v) is 6.31. The summed E-state index contributed by atoms with van der Waals surface area (Å²) in [7, 11) is 0. The highest BCUT2D eigenvalue weighted by Crippen LogP contribution is 2.30. The number of benzene rings is 3. The largest absolute Gasteiger partial charge is 0.460 e. The molecular weight excluding hydrogens is 580 g/mol. The highest BCUT2D eigenvalue weighted by Gasteiger charge is 2.22. The second-order valence-corrected chi connectivity index (χ2v) is 12.9. The molecule has 1 aliphatic carbocycles. The first-order chi connectivity index (χ1) is 21.8. The lowest BCUT2D eigenvalue weighted by Gasteiger charge is -2.28. The number of nitriles is 1. The van der Waals surface area contributed by atoms with Gasteiger partial charge in [-0.25, -0.2) is 0 Å². The highest BCUT2D eigenvalue weighted by molar-refractivity contribution is 6.34. The molecule has 0 saturated heterocycles. The topological polar surface area (TPSA) is 104 Å². The molecule has 4 aromatic rings. The van der Waals surface area contributed by atoms with E-state index in [4.69, 9.17) is 21.8 Å². The van der Waals surface area contributed by atoms with Crippen molar-refractivity contribution in [2.45, 2.75) is 83.5 Å². The molecule has 1 aromatic heterocycles. The van der Waals surface area contributed by atoms with Crippen molar-refractivity contribution in [2.75, 3.05) is 0 Å². The molecule has 1 fully saturated rings. The summed E-state index contributed by atoms with van der Waals surface area (Å²) in [4.78, 5) is 13.7. The fourth-order valence-electron chi connectivity index (χ4n) is 6.11. The third kappa shape index (κ3) is 9.08. The summed E-state index contributed by atoms with van der Waals surface area (Å²) in [6, 6.07) is 28.0. The van der Waals surface area contributed by atoms with Crippen molar-refractivity contribution in [3.63, 3.8) is 0 Å². The molecule has 6 nitrogen and oxygen atoms in total. The van der Waals surface area contributed by atoms with Crippen molar-refractivity contribution in [2.24, 2.45) is 11.7 Å². The second-order valence-electron chi connectivity index (χ2n) is 12.5. The molecule has 234 valence electrons. The van der Waals surface area contributed by atoms with Crippen LogP contribution in [0.4, 0.5) is 0 Å². The van der Waals surface area contributed by atoms with Crippen LogP contribution in [0.1, 0.15) is 89.9 Å². The maximum Gasteiger partial charge on any atom is 0.253 e. The van der Waals surface area contributed by atoms with E-state index in [9.17, 15) is 10.1 Å². The zero-order valence-corrected chi connectivity index (χ0v) is 26.9. The predicted molar refractivity (Wildman–Crippen MR) is 181 cm³/mol. The summed E-state index contributed by atoms with van der Waals surface area (Å²) in [6.45, 7) is 4.81. The Balaban J connectivity index is 1.25. The van der Waals surface area contributed by atoms with Crippen LogP contribution in [-0.2, 0) is 13.0 Å². The number of rotatable bonds is 12. The summed E-state index contributed by atoms with van der Waals surface area (Å²) in [5.74, 6) is 1.92. The first-order valence-corrected chi connectivity index (χ1v) is 16.4. The van der Waals surface area contributed by atoms with Gasteiger partial charge in [-0.05, 0) is 118 Å². The molecule has 1 heterocycles. The lowest BCUT2D eigenvalue weighted by molar-refractivity contribution is 0.0932. The second kappa shape index (κ2) is 15.4. The van der Waals surface area contributed by atoms with Gasteiger partial charge in [-0.3, -0.25) is 4.79 Å². The molecule has 0 unspecified atom stereocenters. The number of amides is 1. The molecule has 4 N–H and O–H groups in total. The van der Waals surface area contributed by atoms with E-state index in [1.165, 1.54) is 11.1 Å². The molecule has 3 aromatic carbocycles. The SMILES string of the molecule is Cc1ccc([C@@H](C)NCc2ccc(-c3ccc(Cl)c(C(=O)N[C@@H](CCC4CCC(N)CC4)Cc4ccc(C#N)cc4)c3)o2)cc1. The molecule has 7 heteroatoms. The Bertz CT molecular complexity index is 1600. The summed E-state index contributed by atoms with van der Waals surface area (Å²) in [5, 5.41) is 16.4. The average molecular weight is 623 g/mol. The van der Waals surface area contributed by atoms with Crippen LogP contribution in [0.2, 0.25) is 5.02 Å². The normalized spacial score (nSPS) is 17.8. The molecule has 1 aliphatic rings. The van der Waals surface area contributed by atoms with Gasteiger partial charge in [0.1, 0.15) is 11.5 Å². The third-order valence-corrected chi connectivity index (χ3v) is 9.36. The van der Waals surface area contributed by atoms with Crippen molar-refractivity contribution in [1.29, 1.82) is 5.26 Å². The molecule has 1 amide bonds. The van der Waals surface area contributed by atoms with Crippen LogP contribution in [0.3, 0.4) is 0 Å². The number of halogens is 1. The van der Waals surface area contributed by atoms with Crippen molar-refractivity contribution < 1.29 is 9.21 Å². The number of carbonyl (C=O) groups is 1. The predicted octanol–water partition coefficient (Wildman–Crippen LogP) is 8.27. The first-order valence-electron chi connectivity index (χ1n) is 16.0. The molecule has 2 atom stereocenters. The molecule has 0 bridgehead atoms. The van der Waals surface area contributed by atoms with Crippen LogP contribution < -0.4 is 16.4 Å². The minimum Gasteiger partial charge on any atom is -0.460 e. The van der Waals surface area contributed by atoms with Gasteiger partial charge in [0.05, 0.1) is 28.8 Å². The van der Waals surface area contributed by atoms with Crippen LogP contribution in [0.25, 0.3) is 11.3 Å². The van der Waals surface area contributed by atoms with Gasteiger partial charge in [0.25, 0.3) is 5.91 Å². The van der Waals surface area contributed by atoms with E-state index in [0.717, 1.165) is 55.4 Å². The Morgan fingerprint density at radius 2 is 1.76 bits per heavy atom. The van der Waals surface area contributed by atoms with Gasteiger partial charge in [0, 0.05) is 23.7 Å². The molecule has 0 radical (unpaired) electrons. The van der Waals surface area contributed by atoms with Gasteiger partial charge in [-0.2, -0.15) is 5.26 Å². The van der Waals surface area contributed by atoms with E-state index in [1.807, 2.05) is 48.5 Å². The van der Waals surface area contributed by atoms with Crippen LogP contribution in [0, 0.1) is 24.2 Å². The minimum absolute atomic E-state index is 0.0717. The summed E-state index contributed by atoms with van der Waals surface area (Å²) >= 11 is 6.58. The monoisotopic (exact) mass is 622 g/mol. The first kappa shape index (κ1) is 32.5. The van der Waals surface area contributed by atoms with Crippen molar-refractivity contribution in [3.8, 4) is 17.4 Å². The van der Waals surface area contributed by atoms with Gasteiger partial charge in [0.2, 0.25) is 0 Å². The molecular formula is C38H43ClN4O2. The van der Waals surface area contributed by atoms with Gasteiger partial charge in [0.15, 0.2) is 0 Å². The molecule has 0 aliphatic heterocycles. The van der Waals surface area contributed by atoms with Crippen molar-refractivity contribution >= 4 is 17.5 Å². The average Bonchev–Trinajstić information content (AvgIpc) is 3.53. The molecule has 45 heavy (non-hydrogen) atoms. The lowest BCUT2D eigenvalue weighted by Crippen LogP contribution is -2.37. The van der Waals surface area contributed by atoms with Gasteiger partial charge in [-0.1, -0.05) is 53.6 Å². The van der Waals surface area contributed by atoms with Gasteiger partial charge in [-0.15, -0.1) is 0 Å². The zero-order chi connectivity index (χ0) is 31.8. The molecule has 0 spiro atoms. The Morgan fingerprint density at radius 3 is 2.47 bits per heavy atom. The number of nitrogens with zero attached hydrogens (tertiary/aromatic N) is 1. The van der Waals surface area contributed by atoms with Crippen LogP contribution in [0.5, 0.6) is 0 Å². The Labute approximate surface area is 272 Å². The smallest absolute Gasteiger partial charge is 0.253 e. The standard InChI is InChI=1S/C38H43ClN4O2/c1-25-3-12-30(13-4-25)26(2)42-24-34-18-20-37(45-34)31-14-19-36(39)35(22-31)38(44)43-33(17-11-27-9-15-32(41)16-10-27)21-28-5-7-29(23-40)8-6-28/h3-8,12-14,18-20,22,26-27,32-33,42H,9-11,15-17,21,24,41H2,1-2H3,(H,43,44)/t26-,27?,32?,33+/m1/s1. The van der Waals surface area contributed by atoms with Gasteiger partial charge < -0.3 is 20.8 Å². The number of hydrogen-bond donors (Lipinski definition) is 3. The number of furan rings is 1. The summed E-state index contributed by atoms with van der Waals surface area (Å²) < 4.78 is 6.17. The van der Waals surface area contributed by atoms with E-state index in [0.29, 0.717) is 46.8 Å². The van der Waals surface area contributed by atoms with Crippen LogP contribution >= 0.6 is 11.6 Å². The van der Waals surface area contributed by atoms with Gasteiger partial charge >= 0.3 is 0 Å². The van der Waals surface area contributed by atoms with E-state index in [1.54, 1.807) is 6.07 Å².